The van der Waals surface area contributed by atoms with Crippen LogP contribution in [0.3, 0.4) is 0 Å². The lowest BCUT2D eigenvalue weighted by molar-refractivity contribution is 0.258. The summed E-state index contributed by atoms with van der Waals surface area (Å²) < 4.78 is 5.75. The number of fused-ring (bicyclic) bond motifs is 1. The average molecular weight is 370 g/mol. The van der Waals surface area contributed by atoms with Crippen LogP contribution in [0.2, 0.25) is 0 Å². The lowest BCUT2D eigenvalue weighted by Crippen LogP contribution is -2.31. The van der Waals surface area contributed by atoms with E-state index < -0.39 is 0 Å². The molecule has 138 valence electrons. The molecule has 0 bridgehead atoms. The van der Waals surface area contributed by atoms with Crippen molar-refractivity contribution in [2.75, 3.05) is 17.3 Å². The summed E-state index contributed by atoms with van der Waals surface area (Å²) in [6, 6.07) is 20.1. The van der Waals surface area contributed by atoms with Gasteiger partial charge in [0.05, 0.1) is 5.52 Å². The smallest absolute Gasteiger partial charge is 0.326 e. The number of carbonyl (C=O) groups is 1. The van der Waals surface area contributed by atoms with Crippen LogP contribution in [0.4, 0.5) is 16.2 Å². The normalized spacial score (nSPS) is 10.5. The van der Waals surface area contributed by atoms with Crippen molar-refractivity contribution >= 4 is 28.3 Å². The molecular formula is C22H18N4O2. The summed E-state index contributed by atoms with van der Waals surface area (Å²) in [5, 5.41) is 3.88. The summed E-state index contributed by atoms with van der Waals surface area (Å²) in [5.41, 5.74) is 2.36. The summed E-state index contributed by atoms with van der Waals surface area (Å²) >= 11 is 0. The number of hydrogen-bond donors (Lipinski definition) is 1. The lowest BCUT2D eigenvalue weighted by atomic mass is 10.2. The van der Waals surface area contributed by atoms with Crippen molar-refractivity contribution in [1.29, 1.82) is 0 Å². The second kappa shape index (κ2) is 7.75. The molecule has 0 atom stereocenters. The highest BCUT2D eigenvalue weighted by atomic mass is 16.5. The van der Waals surface area contributed by atoms with Gasteiger partial charge < -0.3 is 10.1 Å². The number of carbonyl (C=O) groups excluding carboxylic acids is 1. The van der Waals surface area contributed by atoms with Gasteiger partial charge in [0, 0.05) is 42.4 Å². The maximum atomic E-state index is 12.6. The number of hydrogen-bond acceptors (Lipinski definition) is 4. The zero-order valence-corrected chi connectivity index (χ0v) is 15.2. The first-order valence-corrected chi connectivity index (χ1v) is 8.76. The van der Waals surface area contributed by atoms with Gasteiger partial charge in [-0.25, -0.2) is 4.79 Å². The van der Waals surface area contributed by atoms with Crippen molar-refractivity contribution in [3.8, 4) is 11.5 Å². The third-order valence-electron chi connectivity index (χ3n) is 4.27. The van der Waals surface area contributed by atoms with Gasteiger partial charge in [0.2, 0.25) is 0 Å². The summed E-state index contributed by atoms with van der Waals surface area (Å²) in [6.45, 7) is 0. The Balaban J connectivity index is 1.44. The van der Waals surface area contributed by atoms with Crippen molar-refractivity contribution in [2.24, 2.45) is 0 Å². The minimum absolute atomic E-state index is 0.231. The largest absolute Gasteiger partial charge is 0.457 e. The Hall–Kier alpha value is -3.93. The summed E-state index contributed by atoms with van der Waals surface area (Å²) in [5.74, 6) is 1.39. The Kier molecular flexibility index (Phi) is 4.84. The first-order valence-electron chi connectivity index (χ1n) is 8.76. The van der Waals surface area contributed by atoms with E-state index in [1.54, 1.807) is 42.7 Å². The van der Waals surface area contributed by atoms with Crippen LogP contribution in [-0.2, 0) is 0 Å². The first kappa shape index (κ1) is 17.5. The van der Waals surface area contributed by atoms with E-state index in [-0.39, 0.29) is 6.03 Å². The Morgan fingerprint density at radius 1 is 0.929 bits per heavy atom. The Morgan fingerprint density at radius 3 is 2.46 bits per heavy atom. The molecule has 2 heterocycles. The first-order chi connectivity index (χ1) is 13.7. The highest BCUT2D eigenvalue weighted by Crippen LogP contribution is 2.24. The van der Waals surface area contributed by atoms with Crippen molar-refractivity contribution < 1.29 is 9.53 Å². The van der Waals surface area contributed by atoms with Gasteiger partial charge in [-0.05, 0) is 60.7 Å². The number of urea groups is 1. The number of pyridine rings is 2. The van der Waals surface area contributed by atoms with Gasteiger partial charge >= 0.3 is 6.03 Å². The highest BCUT2D eigenvalue weighted by Gasteiger charge is 2.11. The predicted octanol–water partition coefficient (Wildman–Crippen LogP) is 5.09. The molecule has 6 heteroatoms. The van der Waals surface area contributed by atoms with E-state index in [1.807, 2.05) is 54.6 Å². The predicted molar refractivity (Wildman–Crippen MR) is 110 cm³/mol. The van der Waals surface area contributed by atoms with Gasteiger partial charge in [0.15, 0.2) is 0 Å². The van der Waals surface area contributed by atoms with Crippen molar-refractivity contribution in [3.63, 3.8) is 0 Å². The van der Waals surface area contributed by atoms with Crippen LogP contribution in [0.1, 0.15) is 0 Å². The van der Waals surface area contributed by atoms with Crippen molar-refractivity contribution in [2.45, 2.75) is 0 Å². The number of aromatic nitrogens is 2. The SMILES string of the molecule is CN(C(=O)Nc1ccc2ncccc2c1)c1ccc(Oc2ccncc2)cc1. The van der Waals surface area contributed by atoms with E-state index >= 15 is 0 Å². The van der Waals surface area contributed by atoms with Crippen LogP contribution >= 0.6 is 0 Å². The average Bonchev–Trinajstić information content (AvgIpc) is 2.74. The minimum Gasteiger partial charge on any atom is -0.457 e. The molecule has 0 fully saturated rings. The van der Waals surface area contributed by atoms with E-state index in [0.717, 1.165) is 22.3 Å². The second-order valence-corrected chi connectivity index (χ2v) is 6.18. The highest BCUT2D eigenvalue weighted by molar-refractivity contribution is 6.02. The molecule has 2 aromatic heterocycles. The van der Waals surface area contributed by atoms with Crippen LogP contribution in [0.5, 0.6) is 11.5 Å². The number of nitrogens with one attached hydrogen (secondary N) is 1. The van der Waals surface area contributed by atoms with E-state index in [1.165, 1.54) is 0 Å². The quantitative estimate of drug-likeness (QED) is 0.543. The van der Waals surface area contributed by atoms with Gasteiger partial charge in [0.1, 0.15) is 11.5 Å². The molecule has 0 saturated heterocycles. The number of benzene rings is 2. The summed E-state index contributed by atoms with van der Waals surface area (Å²) in [4.78, 5) is 22.4. The third kappa shape index (κ3) is 3.91. The molecule has 0 unspecified atom stereocenters. The topological polar surface area (TPSA) is 67.4 Å². The van der Waals surface area contributed by atoms with Crippen LogP contribution in [0, 0.1) is 0 Å². The van der Waals surface area contributed by atoms with Crippen LogP contribution in [-0.4, -0.2) is 23.0 Å². The number of amides is 2. The molecule has 2 amide bonds. The fraction of sp³-hybridized carbons (Fsp3) is 0.0455. The van der Waals surface area contributed by atoms with E-state index in [2.05, 4.69) is 15.3 Å². The Labute approximate surface area is 162 Å². The maximum Gasteiger partial charge on any atom is 0.326 e. The summed E-state index contributed by atoms with van der Waals surface area (Å²) in [7, 11) is 1.72. The Bertz CT molecular complexity index is 1100. The zero-order valence-electron chi connectivity index (χ0n) is 15.2. The van der Waals surface area contributed by atoms with Gasteiger partial charge in [0.25, 0.3) is 0 Å². The fourth-order valence-corrected chi connectivity index (χ4v) is 2.76. The number of ether oxygens (including phenoxy) is 1. The van der Waals surface area contributed by atoms with Crippen LogP contribution in [0.25, 0.3) is 10.9 Å². The molecule has 0 aliphatic rings. The van der Waals surface area contributed by atoms with Gasteiger partial charge in [-0.3, -0.25) is 14.9 Å². The monoisotopic (exact) mass is 370 g/mol. The van der Waals surface area contributed by atoms with E-state index in [0.29, 0.717) is 11.5 Å². The summed E-state index contributed by atoms with van der Waals surface area (Å²) in [6.07, 6.45) is 5.09. The molecule has 0 saturated carbocycles. The minimum atomic E-state index is -0.231. The molecule has 4 rings (SSSR count). The Morgan fingerprint density at radius 2 is 1.68 bits per heavy atom. The number of anilines is 2. The number of rotatable bonds is 4. The van der Waals surface area contributed by atoms with E-state index in [4.69, 9.17) is 4.74 Å². The molecule has 0 aliphatic heterocycles. The van der Waals surface area contributed by atoms with Crippen molar-refractivity contribution in [3.05, 3.63) is 85.3 Å². The fourth-order valence-electron chi connectivity index (χ4n) is 2.76. The van der Waals surface area contributed by atoms with Crippen molar-refractivity contribution in [1.82, 2.24) is 9.97 Å². The molecule has 6 nitrogen and oxygen atoms in total. The van der Waals surface area contributed by atoms with Crippen LogP contribution < -0.4 is 15.0 Å². The van der Waals surface area contributed by atoms with Crippen LogP contribution in [0.15, 0.2) is 85.3 Å². The van der Waals surface area contributed by atoms with E-state index in [9.17, 15) is 4.79 Å². The molecule has 28 heavy (non-hydrogen) atoms. The van der Waals surface area contributed by atoms with Gasteiger partial charge in [-0.2, -0.15) is 0 Å². The van der Waals surface area contributed by atoms with Gasteiger partial charge in [-0.1, -0.05) is 6.07 Å². The molecule has 1 N–H and O–H groups in total. The molecule has 0 radical (unpaired) electrons. The lowest BCUT2D eigenvalue weighted by Gasteiger charge is -2.18. The standard InChI is InChI=1S/C22H18N4O2/c1-26(18-5-7-19(8-6-18)28-20-10-13-23-14-11-20)22(27)25-17-4-9-21-16(15-17)3-2-12-24-21/h2-15H,1H3,(H,25,27). The molecule has 0 aliphatic carbocycles. The maximum absolute atomic E-state index is 12.6. The molecule has 2 aromatic carbocycles. The van der Waals surface area contributed by atoms with Gasteiger partial charge in [-0.15, -0.1) is 0 Å². The second-order valence-electron chi connectivity index (χ2n) is 6.18. The number of nitrogens with zero attached hydrogens (tertiary/aromatic N) is 3. The zero-order chi connectivity index (χ0) is 19.3. The molecular weight excluding hydrogens is 352 g/mol. The molecule has 4 aromatic rings. The third-order valence-corrected chi connectivity index (χ3v) is 4.27. The molecule has 0 spiro atoms.